The second-order valence-corrected chi connectivity index (χ2v) is 5.51. The smallest absolute Gasteiger partial charge is 0.307 e. The van der Waals surface area contributed by atoms with Gasteiger partial charge in [-0.15, -0.1) is 24.0 Å². The summed E-state index contributed by atoms with van der Waals surface area (Å²) < 4.78 is 18.9. The van der Waals surface area contributed by atoms with Crippen molar-refractivity contribution in [2.24, 2.45) is 4.99 Å². The lowest BCUT2D eigenvalue weighted by molar-refractivity contribution is -0.140. The Balaban J connectivity index is 0.00000484. The molecular weight excluding hydrogens is 480 g/mol. The average Bonchev–Trinajstić information content (AvgIpc) is 2.51. The molecule has 130 valence electrons. The van der Waals surface area contributed by atoms with E-state index in [0.717, 1.165) is 10.9 Å². The number of guanidine groups is 1. The highest BCUT2D eigenvalue weighted by molar-refractivity contribution is 14.0. The first-order valence-corrected chi connectivity index (χ1v) is 7.81. The van der Waals surface area contributed by atoms with Crippen molar-refractivity contribution in [1.82, 2.24) is 10.6 Å². The van der Waals surface area contributed by atoms with E-state index >= 15 is 0 Å². The molecule has 0 amide bonds. The van der Waals surface area contributed by atoms with Gasteiger partial charge in [0, 0.05) is 24.6 Å². The summed E-state index contributed by atoms with van der Waals surface area (Å²) in [6.45, 7) is 1.11. The molecule has 1 rings (SSSR count). The standard InChI is InChI=1S/C15H21BrFN3O2.HI/c1-18-15(20-9-7-14(21)22-2)19-8-3-4-11-5-6-12(16)10-13(11)17;/h5-6,10H,3-4,7-9H2,1-2H3,(H2,18,19,20);1H. The Morgan fingerprint density at radius 1 is 1.35 bits per heavy atom. The van der Waals surface area contributed by atoms with Crippen LogP contribution in [0.3, 0.4) is 0 Å². The first-order chi connectivity index (χ1) is 10.6. The van der Waals surface area contributed by atoms with E-state index in [1.54, 1.807) is 13.1 Å². The Morgan fingerprint density at radius 3 is 2.65 bits per heavy atom. The monoisotopic (exact) mass is 501 g/mol. The van der Waals surface area contributed by atoms with Crippen LogP contribution in [0.4, 0.5) is 4.39 Å². The molecule has 0 aliphatic heterocycles. The van der Waals surface area contributed by atoms with Gasteiger partial charge in [-0.2, -0.15) is 0 Å². The topological polar surface area (TPSA) is 62.7 Å². The van der Waals surface area contributed by atoms with Crippen molar-refractivity contribution < 1.29 is 13.9 Å². The molecule has 1 aromatic rings. The summed E-state index contributed by atoms with van der Waals surface area (Å²) in [6.07, 6.45) is 1.70. The van der Waals surface area contributed by atoms with E-state index in [-0.39, 0.29) is 42.2 Å². The quantitative estimate of drug-likeness (QED) is 0.198. The van der Waals surface area contributed by atoms with Crippen LogP contribution < -0.4 is 10.6 Å². The van der Waals surface area contributed by atoms with E-state index in [1.165, 1.54) is 13.2 Å². The van der Waals surface area contributed by atoms with Crippen LogP contribution in [0.2, 0.25) is 0 Å². The third-order valence-corrected chi connectivity index (χ3v) is 3.50. The van der Waals surface area contributed by atoms with Crippen molar-refractivity contribution in [3.63, 3.8) is 0 Å². The zero-order valence-electron chi connectivity index (χ0n) is 13.2. The van der Waals surface area contributed by atoms with Gasteiger partial charge in [-0.05, 0) is 30.5 Å². The highest BCUT2D eigenvalue weighted by Crippen LogP contribution is 2.16. The number of nitrogens with zero attached hydrogens (tertiary/aromatic N) is 1. The number of aliphatic imine (C=N–C) groups is 1. The number of aryl methyl sites for hydroxylation is 1. The van der Waals surface area contributed by atoms with Gasteiger partial charge in [-0.1, -0.05) is 22.0 Å². The van der Waals surface area contributed by atoms with Gasteiger partial charge in [0.15, 0.2) is 5.96 Å². The van der Waals surface area contributed by atoms with Gasteiger partial charge in [-0.3, -0.25) is 9.79 Å². The molecule has 0 aliphatic rings. The zero-order chi connectivity index (χ0) is 16.4. The first kappa shape index (κ1) is 22.1. The Hall–Kier alpha value is -0.900. The fraction of sp³-hybridized carbons (Fsp3) is 0.467. The zero-order valence-corrected chi connectivity index (χ0v) is 17.1. The highest BCUT2D eigenvalue weighted by atomic mass is 127. The number of carbonyl (C=O) groups excluding carboxylic acids is 1. The van der Waals surface area contributed by atoms with E-state index in [0.29, 0.717) is 31.0 Å². The van der Waals surface area contributed by atoms with Crippen LogP contribution in [-0.4, -0.2) is 39.2 Å². The number of ether oxygens (including phenoxy) is 1. The number of halogens is 3. The van der Waals surface area contributed by atoms with Crippen LogP contribution in [0.15, 0.2) is 27.7 Å². The molecule has 0 atom stereocenters. The number of hydrogen-bond donors (Lipinski definition) is 2. The lowest BCUT2D eigenvalue weighted by Crippen LogP contribution is -2.38. The van der Waals surface area contributed by atoms with Crippen molar-refractivity contribution in [3.05, 3.63) is 34.1 Å². The Bertz CT molecular complexity index is 529. The fourth-order valence-corrected chi connectivity index (χ4v) is 2.15. The van der Waals surface area contributed by atoms with Gasteiger partial charge in [0.05, 0.1) is 13.5 Å². The molecule has 0 aromatic heterocycles. The predicted molar refractivity (Wildman–Crippen MR) is 104 cm³/mol. The molecule has 8 heteroatoms. The number of benzene rings is 1. The molecule has 0 fully saturated rings. The molecule has 0 saturated heterocycles. The van der Waals surface area contributed by atoms with Gasteiger partial charge in [0.1, 0.15) is 5.82 Å². The molecule has 1 aromatic carbocycles. The summed E-state index contributed by atoms with van der Waals surface area (Å²) in [7, 11) is 3.01. The van der Waals surface area contributed by atoms with Crippen LogP contribution in [0, 0.1) is 5.82 Å². The van der Waals surface area contributed by atoms with Crippen LogP contribution in [0.25, 0.3) is 0 Å². The molecule has 5 nitrogen and oxygen atoms in total. The van der Waals surface area contributed by atoms with E-state index < -0.39 is 0 Å². The molecule has 0 saturated carbocycles. The maximum Gasteiger partial charge on any atom is 0.307 e. The van der Waals surface area contributed by atoms with E-state index in [4.69, 9.17) is 0 Å². The van der Waals surface area contributed by atoms with Gasteiger partial charge in [-0.25, -0.2) is 4.39 Å². The number of methoxy groups -OCH3 is 1. The highest BCUT2D eigenvalue weighted by Gasteiger charge is 2.04. The summed E-state index contributed by atoms with van der Waals surface area (Å²) in [4.78, 5) is 15.0. The van der Waals surface area contributed by atoms with Crippen molar-refractivity contribution in [3.8, 4) is 0 Å². The van der Waals surface area contributed by atoms with Crippen LogP contribution >= 0.6 is 39.9 Å². The van der Waals surface area contributed by atoms with Crippen molar-refractivity contribution in [1.29, 1.82) is 0 Å². The van der Waals surface area contributed by atoms with Gasteiger partial charge in [0.25, 0.3) is 0 Å². The van der Waals surface area contributed by atoms with Crippen LogP contribution in [0.1, 0.15) is 18.4 Å². The van der Waals surface area contributed by atoms with Crippen LogP contribution in [0.5, 0.6) is 0 Å². The van der Waals surface area contributed by atoms with Gasteiger partial charge < -0.3 is 15.4 Å². The number of carbonyl (C=O) groups is 1. The summed E-state index contributed by atoms with van der Waals surface area (Å²) >= 11 is 3.24. The maximum absolute atomic E-state index is 13.6. The lowest BCUT2D eigenvalue weighted by Gasteiger charge is -2.11. The van der Waals surface area contributed by atoms with Crippen molar-refractivity contribution in [2.45, 2.75) is 19.3 Å². The Labute approximate surface area is 161 Å². The number of hydrogen-bond acceptors (Lipinski definition) is 3. The second-order valence-electron chi connectivity index (χ2n) is 4.59. The summed E-state index contributed by atoms with van der Waals surface area (Å²) in [5.74, 6) is 0.142. The lowest BCUT2D eigenvalue weighted by atomic mass is 10.1. The number of nitrogens with one attached hydrogen (secondary N) is 2. The molecule has 2 N–H and O–H groups in total. The Morgan fingerprint density at radius 2 is 2.04 bits per heavy atom. The second kappa shape index (κ2) is 12.5. The summed E-state index contributed by atoms with van der Waals surface area (Å²) in [5.41, 5.74) is 0.693. The van der Waals surface area contributed by atoms with Gasteiger partial charge in [0.2, 0.25) is 0 Å². The van der Waals surface area contributed by atoms with Crippen LogP contribution in [-0.2, 0) is 16.0 Å². The molecule has 0 aliphatic carbocycles. The molecule has 0 radical (unpaired) electrons. The summed E-state index contributed by atoms with van der Waals surface area (Å²) in [6, 6.07) is 5.08. The minimum atomic E-state index is -0.270. The number of esters is 1. The Kier molecular flexibility index (Phi) is 12.0. The fourth-order valence-electron chi connectivity index (χ4n) is 1.82. The molecule has 0 unspecified atom stereocenters. The molecule has 0 spiro atoms. The number of rotatable bonds is 7. The third kappa shape index (κ3) is 9.09. The largest absolute Gasteiger partial charge is 0.469 e. The van der Waals surface area contributed by atoms with E-state index in [2.05, 4.69) is 36.3 Å². The normalized spacial score (nSPS) is 10.7. The maximum atomic E-state index is 13.6. The predicted octanol–water partition coefficient (Wildman–Crippen LogP) is 2.87. The molecular formula is C15H22BrFIN3O2. The minimum absolute atomic E-state index is 0. The van der Waals surface area contributed by atoms with E-state index in [1.807, 2.05) is 6.07 Å². The van der Waals surface area contributed by atoms with E-state index in [9.17, 15) is 9.18 Å². The summed E-state index contributed by atoms with van der Waals surface area (Å²) in [5, 5.41) is 6.13. The molecule has 0 heterocycles. The van der Waals surface area contributed by atoms with Crippen molar-refractivity contribution >= 4 is 51.8 Å². The average molecular weight is 502 g/mol. The molecule has 0 bridgehead atoms. The van der Waals surface area contributed by atoms with Crippen molar-refractivity contribution in [2.75, 3.05) is 27.2 Å². The minimum Gasteiger partial charge on any atom is -0.469 e. The van der Waals surface area contributed by atoms with Gasteiger partial charge >= 0.3 is 5.97 Å². The third-order valence-electron chi connectivity index (χ3n) is 3.00. The first-order valence-electron chi connectivity index (χ1n) is 7.02. The molecule has 23 heavy (non-hydrogen) atoms. The SMILES string of the molecule is CN=C(NCCCc1ccc(Br)cc1F)NCCC(=O)OC.I.